The standard InChI is InChI=1S/C14H19NO3/c1-4-18-14(17)10(3)13(16)8-11-6-5-7-12(15)9(11)2/h5-7,10H,4,8,15H2,1-3H3. The first-order valence-corrected chi connectivity index (χ1v) is 6.00. The van der Waals surface area contributed by atoms with Crippen molar-refractivity contribution in [2.45, 2.75) is 27.2 Å². The lowest BCUT2D eigenvalue weighted by Crippen LogP contribution is -2.25. The Bertz CT molecular complexity index is 454. The van der Waals surface area contributed by atoms with Crippen LogP contribution in [0.1, 0.15) is 25.0 Å². The topological polar surface area (TPSA) is 69.4 Å². The molecule has 0 saturated carbocycles. The first kappa shape index (κ1) is 14.2. The maximum Gasteiger partial charge on any atom is 0.316 e. The van der Waals surface area contributed by atoms with Gasteiger partial charge in [0.15, 0.2) is 5.78 Å². The van der Waals surface area contributed by atoms with E-state index in [1.165, 1.54) is 0 Å². The molecule has 0 fully saturated rings. The molecule has 0 bridgehead atoms. The number of hydrogen-bond donors (Lipinski definition) is 1. The molecule has 18 heavy (non-hydrogen) atoms. The summed E-state index contributed by atoms with van der Waals surface area (Å²) in [6.07, 6.45) is 0.205. The Morgan fingerprint density at radius 2 is 2.06 bits per heavy atom. The van der Waals surface area contributed by atoms with E-state index in [-0.39, 0.29) is 18.8 Å². The van der Waals surface area contributed by atoms with E-state index in [1.807, 2.05) is 13.0 Å². The molecular weight excluding hydrogens is 230 g/mol. The van der Waals surface area contributed by atoms with Gasteiger partial charge in [0.25, 0.3) is 0 Å². The number of ether oxygens (including phenoxy) is 1. The average molecular weight is 249 g/mol. The van der Waals surface area contributed by atoms with Crippen LogP contribution in [0.3, 0.4) is 0 Å². The summed E-state index contributed by atoms with van der Waals surface area (Å²) in [5, 5.41) is 0. The Hall–Kier alpha value is -1.84. The van der Waals surface area contributed by atoms with Crippen molar-refractivity contribution < 1.29 is 14.3 Å². The third-order valence-electron chi connectivity index (χ3n) is 2.98. The molecule has 0 aliphatic heterocycles. The third-order valence-corrected chi connectivity index (χ3v) is 2.98. The number of rotatable bonds is 5. The normalized spacial score (nSPS) is 11.9. The van der Waals surface area contributed by atoms with E-state index >= 15 is 0 Å². The van der Waals surface area contributed by atoms with E-state index in [2.05, 4.69) is 0 Å². The van der Waals surface area contributed by atoms with Gasteiger partial charge in [-0.25, -0.2) is 0 Å². The van der Waals surface area contributed by atoms with E-state index in [9.17, 15) is 9.59 Å². The fraction of sp³-hybridized carbons (Fsp3) is 0.429. The van der Waals surface area contributed by atoms with Gasteiger partial charge in [-0.3, -0.25) is 9.59 Å². The van der Waals surface area contributed by atoms with Crippen LogP contribution in [0.25, 0.3) is 0 Å². The van der Waals surface area contributed by atoms with E-state index in [4.69, 9.17) is 10.5 Å². The molecule has 0 spiro atoms. The Balaban J connectivity index is 2.75. The minimum atomic E-state index is -0.731. The lowest BCUT2D eigenvalue weighted by Gasteiger charge is -2.11. The highest BCUT2D eigenvalue weighted by Crippen LogP contribution is 2.17. The van der Waals surface area contributed by atoms with Crippen LogP contribution in [0.15, 0.2) is 18.2 Å². The minimum absolute atomic E-state index is 0.151. The Morgan fingerprint density at radius 1 is 1.39 bits per heavy atom. The summed E-state index contributed by atoms with van der Waals surface area (Å²) in [6, 6.07) is 5.44. The number of carbonyl (C=O) groups is 2. The molecule has 98 valence electrons. The highest BCUT2D eigenvalue weighted by molar-refractivity contribution is 5.99. The highest BCUT2D eigenvalue weighted by atomic mass is 16.5. The molecule has 0 amide bonds. The molecular formula is C14H19NO3. The number of carbonyl (C=O) groups excluding carboxylic acids is 2. The molecule has 0 aliphatic carbocycles. The van der Waals surface area contributed by atoms with Crippen LogP contribution >= 0.6 is 0 Å². The maximum atomic E-state index is 12.0. The van der Waals surface area contributed by atoms with Crippen LogP contribution in [0.4, 0.5) is 5.69 Å². The number of benzene rings is 1. The SMILES string of the molecule is CCOC(=O)C(C)C(=O)Cc1cccc(N)c1C. The van der Waals surface area contributed by atoms with Crippen LogP contribution in [0.2, 0.25) is 0 Å². The monoisotopic (exact) mass is 249 g/mol. The van der Waals surface area contributed by atoms with Gasteiger partial charge >= 0.3 is 5.97 Å². The number of ketones is 1. The molecule has 4 heteroatoms. The van der Waals surface area contributed by atoms with Gasteiger partial charge in [-0.2, -0.15) is 0 Å². The van der Waals surface area contributed by atoms with E-state index < -0.39 is 11.9 Å². The number of nitrogens with two attached hydrogens (primary N) is 1. The summed E-state index contributed by atoms with van der Waals surface area (Å²) in [7, 11) is 0. The van der Waals surface area contributed by atoms with Crippen molar-refractivity contribution in [2.75, 3.05) is 12.3 Å². The molecule has 1 aromatic carbocycles. The van der Waals surface area contributed by atoms with Crippen molar-refractivity contribution in [3.05, 3.63) is 29.3 Å². The fourth-order valence-electron chi connectivity index (χ4n) is 1.63. The minimum Gasteiger partial charge on any atom is -0.465 e. The van der Waals surface area contributed by atoms with Gasteiger partial charge in [0, 0.05) is 12.1 Å². The van der Waals surface area contributed by atoms with Gasteiger partial charge in [-0.15, -0.1) is 0 Å². The third kappa shape index (κ3) is 3.32. The van der Waals surface area contributed by atoms with E-state index in [0.717, 1.165) is 11.1 Å². The molecule has 1 unspecified atom stereocenters. The summed E-state index contributed by atoms with van der Waals surface area (Å²) < 4.78 is 4.83. The second-order valence-corrected chi connectivity index (χ2v) is 4.25. The molecule has 0 aliphatic rings. The van der Waals surface area contributed by atoms with Crippen molar-refractivity contribution in [2.24, 2.45) is 5.92 Å². The lowest BCUT2D eigenvalue weighted by molar-refractivity contribution is -0.150. The van der Waals surface area contributed by atoms with Gasteiger partial charge in [0.1, 0.15) is 5.92 Å². The quantitative estimate of drug-likeness (QED) is 0.491. The number of hydrogen-bond acceptors (Lipinski definition) is 4. The van der Waals surface area contributed by atoms with Crippen LogP contribution in [-0.2, 0) is 20.7 Å². The smallest absolute Gasteiger partial charge is 0.316 e. The van der Waals surface area contributed by atoms with Crippen LogP contribution in [0.5, 0.6) is 0 Å². The van der Waals surface area contributed by atoms with E-state index in [1.54, 1.807) is 26.0 Å². The zero-order chi connectivity index (χ0) is 13.7. The van der Waals surface area contributed by atoms with Crippen LogP contribution in [0, 0.1) is 12.8 Å². The Kier molecular flexibility index (Phi) is 4.89. The van der Waals surface area contributed by atoms with Crippen molar-refractivity contribution in [3.8, 4) is 0 Å². The second-order valence-electron chi connectivity index (χ2n) is 4.25. The van der Waals surface area contributed by atoms with Gasteiger partial charge in [0.05, 0.1) is 6.61 Å². The molecule has 4 nitrogen and oxygen atoms in total. The number of esters is 1. The van der Waals surface area contributed by atoms with Crippen molar-refractivity contribution >= 4 is 17.4 Å². The zero-order valence-corrected chi connectivity index (χ0v) is 11.0. The summed E-state index contributed by atoms with van der Waals surface area (Å²) >= 11 is 0. The molecule has 0 heterocycles. The average Bonchev–Trinajstić information content (AvgIpc) is 2.34. The number of anilines is 1. The predicted octanol–water partition coefficient (Wildman–Crippen LogP) is 1.89. The van der Waals surface area contributed by atoms with Crippen molar-refractivity contribution in [1.29, 1.82) is 0 Å². The number of nitrogen functional groups attached to an aromatic ring is 1. The summed E-state index contributed by atoms with van der Waals surface area (Å²) in [6.45, 7) is 5.44. The highest BCUT2D eigenvalue weighted by Gasteiger charge is 2.23. The van der Waals surface area contributed by atoms with Crippen molar-refractivity contribution in [3.63, 3.8) is 0 Å². The summed E-state index contributed by atoms with van der Waals surface area (Å²) in [4.78, 5) is 23.4. The molecule has 1 rings (SSSR count). The van der Waals surface area contributed by atoms with E-state index in [0.29, 0.717) is 5.69 Å². The Labute approximate surface area is 107 Å². The van der Waals surface area contributed by atoms with Crippen LogP contribution in [-0.4, -0.2) is 18.4 Å². The zero-order valence-electron chi connectivity index (χ0n) is 11.0. The van der Waals surface area contributed by atoms with Gasteiger partial charge in [-0.1, -0.05) is 12.1 Å². The van der Waals surface area contributed by atoms with Gasteiger partial charge in [0.2, 0.25) is 0 Å². The summed E-state index contributed by atoms with van der Waals surface area (Å²) in [5.41, 5.74) is 8.18. The molecule has 0 saturated heterocycles. The van der Waals surface area contributed by atoms with Gasteiger partial charge < -0.3 is 10.5 Å². The molecule has 1 aromatic rings. The van der Waals surface area contributed by atoms with Gasteiger partial charge in [-0.05, 0) is 38.0 Å². The first-order chi connectivity index (χ1) is 8.47. The van der Waals surface area contributed by atoms with Crippen molar-refractivity contribution in [1.82, 2.24) is 0 Å². The molecule has 1 atom stereocenters. The summed E-state index contributed by atoms with van der Waals surface area (Å²) in [5.74, 6) is -1.35. The second kappa shape index (κ2) is 6.19. The lowest BCUT2D eigenvalue weighted by atomic mass is 9.96. The molecule has 0 radical (unpaired) electrons. The van der Waals surface area contributed by atoms with Crippen LogP contribution < -0.4 is 5.73 Å². The maximum absolute atomic E-state index is 12.0. The fourth-order valence-corrected chi connectivity index (χ4v) is 1.63. The Morgan fingerprint density at radius 3 is 2.67 bits per heavy atom. The molecule has 2 N–H and O–H groups in total. The largest absolute Gasteiger partial charge is 0.465 e. The predicted molar refractivity (Wildman–Crippen MR) is 70.1 cm³/mol. The first-order valence-electron chi connectivity index (χ1n) is 6.00. The number of Topliss-reactive ketones (excluding diaryl/α,β-unsaturated/α-hetero) is 1. The molecule has 0 aromatic heterocycles.